The number of nitrogens with two attached hydrogens (primary N) is 1. The van der Waals surface area contributed by atoms with Crippen molar-refractivity contribution in [3.63, 3.8) is 0 Å². The molecule has 21 heavy (non-hydrogen) atoms. The first-order valence-corrected chi connectivity index (χ1v) is 8.81. The van der Waals surface area contributed by atoms with E-state index in [2.05, 4.69) is 4.72 Å². The first-order valence-electron chi connectivity index (χ1n) is 6.95. The highest BCUT2D eigenvalue weighted by Gasteiger charge is 2.61. The van der Waals surface area contributed by atoms with Gasteiger partial charge in [0.25, 0.3) is 0 Å². The molecule has 0 aromatic heterocycles. The second-order valence-corrected chi connectivity index (χ2v) is 9.20. The monoisotopic (exact) mass is 330 g/mol. The fraction of sp³-hybridized carbons (Fsp3) is 0.600. The molecular weight excluding hydrogens is 308 g/mol. The van der Waals surface area contributed by atoms with Crippen molar-refractivity contribution in [1.82, 2.24) is 4.72 Å². The first kappa shape index (κ1) is 16.7. The summed E-state index contributed by atoms with van der Waals surface area (Å²) in [5, 5.41) is 0.238. The van der Waals surface area contributed by atoms with Crippen molar-refractivity contribution in [1.29, 1.82) is 0 Å². The highest BCUT2D eigenvalue weighted by molar-refractivity contribution is 7.89. The molecule has 3 N–H and O–H groups in total. The highest BCUT2D eigenvalue weighted by Crippen LogP contribution is 2.53. The van der Waals surface area contributed by atoms with E-state index < -0.39 is 10.0 Å². The van der Waals surface area contributed by atoms with Crippen LogP contribution in [0.4, 0.5) is 0 Å². The Labute approximate surface area is 132 Å². The van der Waals surface area contributed by atoms with Crippen molar-refractivity contribution in [2.24, 2.45) is 16.6 Å². The van der Waals surface area contributed by atoms with Crippen LogP contribution in [0.15, 0.2) is 23.1 Å². The van der Waals surface area contributed by atoms with Gasteiger partial charge in [0.15, 0.2) is 0 Å². The van der Waals surface area contributed by atoms with E-state index in [0.29, 0.717) is 0 Å². The first-order chi connectivity index (χ1) is 9.40. The van der Waals surface area contributed by atoms with Gasteiger partial charge in [-0.25, -0.2) is 13.1 Å². The molecule has 1 aliphatic carbocycles. The van der Waals surface area contributed by atoms with Crippen molar-refractivity contribution in [2.75, 3.05) is 0 Å². The molecule has 0 bridgehead atoms. The second kappa shape index (κ2) is 4.95. The molecule has 6 heteroatoms. The Kier molecular flexibility index (Phi) is 3.94. The van der Waals surface area contributed by atoms with Crippen LogP contribution < -0.4 is 10.5 Å². The van der Waals surface area contributed by atoms with E-state index in [1.807, 2.05) is 34.6 Å². The van der Waals surface area contributed by atoms with Gasteiger partial charge in [-0.2, -0.15) is 0 Å². The van der Waals surface area contributed by atoms with Crippen LogP contribution in [-0.4, -0.2) is 20.5 Å². The minimum atomic E-state index is -3.67. The molecule has 1 aromatic rings. The summed E-state index contributed by atoms with van der Waals surface area (Å²) in [5.41, 5.74) is 6.50. The summed E-state index contributed by atoms with van der Waals surface area (Å²) in [7, 11) is -3.67. The third-order valence-electron chi connectivity index (χ3n) is 4.74. The van der Waals surface area contributed by atoms with E-state index in [1.54, 1.807) is 18.2 Å². The Morgan fingerprint density at radius 1 is 1.19 bits per heavy atom. The Hall–Kier alpha value is -0.620. The lowest BCUT2D eigenvalue weighted by Crippen LogP contribution is -2.75. The normalized spacial score (nSPS) is 27.2. The number of benzene rings is 1. The number of hydrogen-bond donors (Lipinski definition) is 2. The standard InChI is InChI=1S/C15H23ClN2O2S/c1-9-6-7-11(10(16)8-9)21(19,20)18-13-14(2,3)12(17)15(13,4)5/h6-8,12-13,18H,17H2,1-5H3. The van der Waals surface area contributed by atoms with E-state index in [1.165, 1.54) is 0 Å². The van der Waals surface area contributed by atoms with E-state index in [-0.39, 0.29) is 32.8 Å². The number of rotatable bonds is 3. The maximum atomic E-state index is 12.6. The van der Waals surface area contributed by atoms with Gasteiger partial charge in [0.1, 0.15) is 4.90 Å². The smallest absolute Gasteiger partial charge is 0.242 e. The average Bonchev–Trinajstić information content (AvgIpc) is 2.34. The Morgan fingerprint density at radius 2 is 1.71 bits per heavy atom. The zero-order chi connectivity index (χ0) is 16.2. The Morgan fingerprint density at radius 3 is 2.19 bits per heavy atom. The molecule has 1 fully saturated rings. The third kappa shape index (κ3) is 2.61. The summed E-state index contributed by atoms with van der Waals surface area (Å²) in [6.45, 7) is 9.78. The Bertz CT molecular complexity index is 652. The molecule has 0 heterocycles. The van der Waals surface area contributed by atoms with Crippen LogP contribution in [0.2, 0.25) is 5.02 Å². The summed E-state index contributed by atoms with van der Waals surface area (Å²) in [6.07, 6.45) is 0. The van der Waals surface area contributed by atoms with Gasteiger partial charge in [-0.3, -0.25) is 0 Å². The lowest BCUT2D eigenvalue weighted by atomic mass is 9.49. The van der Waals surface area contributed by atoms with Crippen LogP contribution in [0.5, 0.6) is 0 Å². The molecule has 0 amide bonds. The third-order valence-corrected chi connectivity index (χ3v) is 6.65. The van der Waals surface area contributed by atoms with E-state index in [9.17, 15) is 8.42 Å². The molecular formula is C15H23ClN2O2S. The number of aryl methyl sites for hydroxylation is 1. The van der Waals surface area contributed by atoms with Crippen molar-refractivity contribution >= 4 is 21.6 Å². The van der Waals surface area contributed by atoms with Gasteiger partial charge < -0.3 is 5.73 Å². The molecule has 0 saturated heterocycles. The lowest BCUT2D eigenvalue weighted by Gasteiger charge is -2.62. The van der Waals surface area contributed by atoms with Gasteiger partial charge in [0.2, 0.25) is 10.0 Å². The van der Waals surface area contributed by atoms with Gasteiger partial charge in [-0.05, 0) is 35.4 Å². The largest absolute Gasteiger partial charge is 0.327 e. The summed E-state index contributed by atoms with van der Waals surface area (Å²) in [4.78, 5) is 0.113. The second-order valence-electron chi connectivity index (χ2n) is 7.11. The quantitative estimate of drug-likeness (QED) is 0.895. The van der Waals surface area contributed by atoms with Crippen molar-refractivity contribution in [3.8, 4) is 0 Å². The zero-order valence-electron chi connectivity index (χ0n) is 13.1. The molecule has 0 atom stereocenters. The van der Waals surface area contributed by atoms with E-state index >= 15 is 0 Å². The molecule has 2 rings (SSSR count). The predicted octanol–water partition coefficient (Wildman–Crippen LogP) is 2.69. The number of halogens is 1. The van der Waals surface area contributed by atoms with Gasteiger partial charge in [-0.15, -0.1) is 0 Å². The summed E-state index contributed by atoms with van der Waals surface area (Å²) in [5.74, 6) is 0. The van der Waals surface area contributed by atoms with Crippen LogP contribution in [0, 0.1) is 17.8 Å². The molecule has 118 valence electrons. The molecule has 1 aromatic carbocycles. The fourth-order valence-corrected chi connectivity index (χ4v) is 5.67. The fourth-order valence-electron chi connectivity index (χ4n) is 3.53. The van der Waals surface area contributed by atoms with Crippen LogP contribution in [-0.2, 0) is 10.0 Å². The van der Waals surface area contributed by atoms with E-state index in [4.69, 9.17) is 17.3 Å². The SMILES string of the molecule is Cc1ccc(S(=O)(=O)NC2C(C)(C)C(N)C2(C)C)c(Cl)c1. The summed E-state index contributed by atoms with van der Waals surface area (Å²) < 4.78 is 28.0. The topological polar surface area (TPSA) is 72.2 Å². The zero-order valence-corrected chi connectivity index (χ0v) is 14.6. The lowest BCUT2D eigenvalue weighted by molar-refractivity contribution is -0.0593. The minimum Gasteiger partial charge on any atom is -0.327 e. The summed E-state index contributed by atoms with van der Waals surface area (Å²) >= 11 is 6.09. The van der Waals surface area contributed by atoms with Crippen LogP contribution in [0.1, 0.15) is 33.3 Å². The highest BCUT2D eigenvalue weighted by atomic mass is 35.5. The molecule has 1 aliphatic rings. The van der Waals surface area contributed by atoms with Gasteiger partial charge in [0.05, 0.1) is 5.02 Å². The maximum Gasteiger partial charge on any atom is 0.242 e. The van der Waals surface area contributed by atoms with Crippen molar-refractivity contribution in [2.45, 2.75) is 51.6 Å². The predicted molar refractivity (Wildman–Crippen MR) is 85.8 cm³/mol. The van der Waals surface area contributed by atoms with Crippen molar-refractivity contribution < 1.29 is 8.42 Å². The van der Waals surface area contributed by atoms with Crippen LogP contribution in [0.3, 0.4) is 0 Å². The van der Waals surface area contributed by atoms with Crippen LogP contribution >= 0.6 is 11.6 Å². The molecule has 0 spiro atoms. The van der Waals surface area contributed by atoms with Crippen LogP contribution in [0.25, 0.3) is 0 Å². The van der Waals surface area contributed by atoms with Gasteiger partial charge in [-0.1, -0.05) is 45.4 Å². The van der Waals surface area contributed by atoms with Crippen molar-refractivity contribution in [3.05, 3.63) is 28.8 Å². The Balaban J connectivity index is 2.34. The number of hydrogen-bond acceptors (Lipinski definition) is 3. The molecule has 0 aliphatic heterocycles. The van der Waals surface area contributed by atoms with Gasteiger partial charge >= 0.3 is 0 Å². The molecule has 4 nitrogen and oxygen atoms in total. The average molecular weight is 331 g/mol. The molecule has 0 unspecified atom stereocenters. The summed E-state index contributed by atoms with van der Waals surface area (Å²) in [6, 6.07) is 4.63. The molecule has 1 saturated carbocycles. The minimum absolute atomic E-state index is 0.0637. The van der Waals surface area contributed by atoms with Gasteiger partial charge in [0, 0.05) is 12.1 Å². The maximum absolute atomic E-state index is 12.6. The number of sulfonamides is 1. The van der Waals surface area contributed by atoms with E-state index in [0.717, 1.165) is 5.56 Å². The number of nitrogens with one attached hydrogen (secondary N) is 1. The molecule has 0 radical (unpaired) electrons.